The predicted molar refractivity (Wildman–Crippen MR) is 81.5 cm³/mol. The first-order valence-corrected chi connectivity index (χ1v) is 6.35. The van der Waals surface area contributed by atoms with E-state index >= 15 is 0 Å². The van der Waals surface area contributed by atoms with Crippen molar-refractivity contribution in [2.45, 2.75) is 0 Å². The van der Waals surface area contributed by atoms with Crippen LogP contribution in [0.4, 0.5) is 11.4 Å². The Balaban J connectivity index is 1.86. The maximum Gasteiger partial charge on any atom is 0.257 e. The Hall–Kier alpha value is -3.02. The highest BCUT2D eigenvalue weighted by atomic mass is 16.5. The molecule has 6 heteroatoms. The first kappa shape index (κ1) is 13.0. The summed E-state index contributed by atoms with van der Waals surface area (Å²) < 4.78 is 4.97. The molecule has 2 aromatic heterocycles. The van der Waals surface area contributed by atoms with Gasteiger partial charge in [0.2, 0.25) is 5.88 Å². The third-order valence-corrected chi connectivity index (χ3v) is 3.15. The van der Waals surface area contributed by atoms with Crippen LogP contribution in [0.1, 0.15) is 10.4 Å². The number of methoxy groups -OCH3 is 1. The van der Waals surface area contributed by atoms with E-state index in [2.05, 4.69) is 15.3 Å². The molecule has 3 rings (SSSR count). The van der Waals surface area contributed by atoms with Gasteiger partial charge in [-0.25, -0.2) is 4.98 Å². The van der Waals surface area contributed by atoms with E-state index in [9.17, 15) is 4.79 Å². The molecule has 0 saturated carbocycles. The van der Waals surface area contributed by atoms with Gasteiger partial charge < -0.3 is 20.8 Å². The smallest absolute Gasteiger partial charge is 0.257 e. The predicted octanol–water partition coefficient (Wildman–Crippen LogP) is 2.41. The van der Waals surface area contributed by atoms with Crippen LogP contribution in [-0.4, -0.2) is 23.0 Å². The van der Waals surface area contributed by atoms with Crippen molar-refractivity contribution in [3.63, 3.8) is 0 Å². The van der Waals surface area contributed by atoms with Crippen molar-refractivity contribution < 1.29 is 9.53 Å². The summed E-state index contributed by atoms with van der Waals surface area (Å²) in [6, 6.07) is 8.80. The van der Waals surface area contributed by atoms with Crippen molar-refractivity contribution in [3.05, 3.63) is 48.3 Å². The van der Waals surface area contributed by atoms with Crippen molar-refractivity contribution in [1.82, 2.24) is 9.97 Å². The topological polar surface area (TPSA) is 93.0 Å². The number of aromatic amines is 1. The van der Waals surface area contributed by atoms with E-state index in [1.807, 2.05) is 6.07 Å². The van der Waals surface area contributed by atoms with Crippen LogP contribution in [0.15, 0.2) is 42.7 Å². The molecule has 21 heavy (non-hydrogen) atoms. The van der Waals surface area contributed by atoms with Gasteiger partial charge in [-0.1, -0.05) is 0 Å². The highest BCUT2D eigenvalue weighted by molar-refractivity contribution is 6.13. The van der Waals surface area contributed by atoms with Crippen molar-refractivity contribution in [2.75, 3.05) is 18.2 Å². The third-order valence-electron chi connectivity index (χ3n) is 3.15. The minimum atomic E-state index is -0.210. The SMILES string of the molecule is COc1ccc(NC(=O)c2c[nH]c3cc(N)ccc23)cn1. The Morgan fingerprint density at radius 3 is 2.90 bits per heavy atom. The summed E-state index contributed by atoms with van der Waals surface area (Å²) in [6.45, 7) is 0. The number of carbonyl (C=O) groups is 1. The summed E-state index contributed by atoms with van der Waals surface area (Å²) in [4.78, 5) is 19.4. The van der Waals surface area contributed by atoms with Gasteiger partial charge in [0.15, 0.2) is 0 Å². The Morgan fingerprint density at radius 2 is 2.19 bits per heavy atom. The summed E-state index contributed by atoms with van der Waals surface area (Å²) in [7, 11) is 1.54. The number of nitrogen functional groups attached to an aromatic ring is 1. The number of nitrogens with two attached hydrogens (primary N) is 1. The zero-order chi connectivity index (χ0) is 14.8. The number of anilines is 2. The molecule has 4 N–H and O–H groups in total. The lowest BCUT2D eigenvalue weighted by molar-refractivity contribution is 0.102. The van der Waals surface area contributed by atoms with Gasteiger partial charge in [-0.05, 0) is 24.3 Å². The fourth-order valence-electron chi connectivity index (χ4n) is 2.11. The molecule has 0 aliphatic heterocycles. The van der Waals surface area contributed by atoms with Crippen LogP contribution >= 0.6 is 0 Å². The first-order valence-electron chi connectivity index (χ1n) is 6.35. The molecule has 0 aliphatic carbocycles. The number of ether oxygens (including phenoxy) is 1. The van der Waals surface area contributed by atoms with Crippen LogP contribution in [0.5, 0.6) is 5.88 Å². The van der Waals surface area contributed by atoms with E-state index in [4.69, 9.17) is 10.5 Å². The number of hydrogen-bond donors (Lipinski definition) is 3. The normalized spacial score (nSPS) is 10.5. The van der Waals surface area contributed by atoms with Gasteiger partial charge >= 0.3 is 0 Å². The van der Waals surface area contributed by atoms with Gasteiger partial charge in [0.1, 0.15) is 0 Å². The average molecular weight is 282 g/mol. The van der Waals surface area contributed by atoms with E-state index in [0.29, 0.717) is 22.8 Å². The van der Waals surface area contributed by atoms with Gasteiger partial charge in [-0.2, -0.15) is 0 Å². The van der Waals surface area contributed by atoms with Crippen LogP contribution in [-0.2, 0) is 0 Å². The van der Waals surface area contributed by atoms with Crippen LogP contribution in [0.3, 0.4) is 0 Å². The second-order valence-corrected chi connectivity index (χ2v) is 4.55. The molecule has 3 aromatic rings. The number of carbonyl (C=O) groups excluding carboxylic acids is 1. The number of rotatable bonds is 3. The Labute approximate surface area is 120 Å². The molecule has 0 bridgehead atoms. The summed E-state index contributed by atoms with van der Waals surface area (Å²) in [5.74, 6) is 0.286. The minimum absolute atomic E-state index is 0.210. The van der Waals surface area contributed by atoms with Crippen LogP contribution < -0.4 is 15.8 Å². The number of nitrogens with zero attached hydrogens (tertiary/aromatic N) is 1. The van der Waals surface area contributed by atoms with Gasteiger partial charge in [-0.3, -0.25) is 4.79 Å². The van der Waals surface area contributed by atoms with E-state index in [0.717, 1.165) is 10.9 Å². The molecular weight excluding hydrogens is 268 g/mol. The average Bonchev–Trinajstić information content (AvgIpc) is 2.91. The zero-order valence-corrected chi connectivity index (χ0v) is 11.4. The largest absolute Gasteiger partial charge is 0.481 e. The van der Waals surface area contributed by atoms with Crippen molar-refractivity contribution in [3.8, 4) is 5.88 Å². The lowest BCUT2D eigenvalue weighted by atomic mass is 10.1. The van der Waals surface area contributed by atoms with Crippen LogP contribution in [0.2, 0.25) is 0 Å². The quantitative estimate of drug-likeness (QED) is 0.643. The van der Waals surface area contributed by atoms with E-state index in [-0.39, 0.29) is 5.91 Å². The molecule has 106 valence electrons. The maximum absolute atomic E-state index is 12.3. The molecule has 2 heterocycles. The number of fused-ring (bicyclic) bond motifs is 1. The second kappa shape index (κ2) is 5.16. The molecular formula is C15H14N4O2. The monoisotopic (exact) mass is 282 g/mol. The highest BCUT2D eigenvalue weighted by Crippen LogP contribution is 2.22. The molecule has 0 aliphatic rings. The van der Waals surface area contributed by atoms with Crippen LogP contribution in [0.25, 0.3) is 10.9 Å². The molecule has 0 atom stereocenters. The molecule has 1 amide bonds. The zero-order valence-electron chi connectivity index (χ0n) is 11.4. The van der Waals surface area contributed by atoms with Gasteiger partial charge in [0.05, 0.1) is 24.6 Å². The molecule has 1 aromatic carbocycles. The van der Waals surface area contributed by atoms with Gasteiger partial charge in [0.25, 0.3) is 5.91 Å². The van der Waals surface area contributed by atoms with Crippen molar-refractivity contribution in [1.29, 1.82) is 0 Å². The lowest BCUT2D eigenvalue weighted by Gasteiger charge is -2.05. The molecule has 0 fully saturated rings. The Bertz CT molecular complexity index is 793. The highest BCUT2D eigenvalue weighted by Gasteiger charge is 2.12. The number of nitrogens with one attached hydrogen (secondary N) is 2. The van der Waals surface area contributed by atoms with Crippen LogP contribution in [0, 0.1) is 0 Å². The lowest BCUT2D eigenvalue weighted by Crippen LogP contribution is -2.11. The number of hydrogen-bond acceptors (Lipinski definition) is 4. The number of aromatic nitrogens is 2. The minimum Gasteiger partial charge on any atom is -0.481 e. The molecule has 0 saturated heterocycles. The molecule has 0 unspecified atom stereocenters. The fourth-order valence-corrected chi connectivity index (χ4v) is 2.11. The summed E-state index contributed by atoms with van der Waals surface area (Å²) in [5, 5.41) is 3.62. The number of benzene rings is 1. The van der Waals surface area contributed by atoms with Gasteiger partial charge in [0, 0.05) is 28.9 Å². The number of amides is 1. The van der Waals surface area contributed by atoms with E-state index in [1.54, 1.807) is 36.7 Å². The first-order chi connectivity index (χ1) is 10.2. The van der Waals surface area contributed by atoms with Gasteiger partial charge in [-0.15, -0.1) is 0 Å². The Morgan fingerprint density at radius 1 is 1.33 bits per heavy atom. The number of H-pyrrole nitrogens is 1. The molecule has 0 radical (unpaired) electrons. The van der Waals surface area contributed by atoms with Crippen molar-refractivity contribution in [2.24, 2.45) is 0 Å². The molecule has 6 nitrogen and oxygen atoms in total. The van der Waals surface area contributed by atoms with Crippen molar-refractivity contribution >= 4 is 28.2 Å². The fraction of sp³-hybridized carbons (Fsp3) is 0.0667. The summed E-state index contributed by atoms with van der Waals surface area (Å²) >= 11 is 0. The third kappa shape index (κ3) is 2.51. The maximum atomic E-state index is 12.3. The number of pyridine rings is 1. The second-order valence-electron chi connectivity index (χ2n) is 4.55. The van der Waals surface area contributed by atoms with E-state index < -0.39 is 0 Å². The Kier molecular flexibility index (Phi) is 3.19. The summed E-state index contributed by atoms with van der Waals surface area (Å²) in [5.41, 5.74) is 8.35. The molecule has 0 spiro atoms. The van der Waals surface area contributed by atoms with E-state index in [1.165, 1.54) is 7.11 Å². The summed E-state index contributed by atoms with van der Waals surface area (Å²) in [6.07, 6.45) is 3.21. The standard InChI is InChI=1S/C15H14N4O2/c1-21-14-5-3-10(7-18-14)19-15(20)12-8-17-13-6-9(16)2-4-11(12)13/h2-8,17H,16H2,1H3,(H,19,20).